The number of hydrogen-bond donors (Lipinski definition) is 0. The van der Waals surface area contributed by atoms with Gasteiger partial charge in [-0.25, -0.2) is 9.97 Å². The van der Waals surface area contributed by atoms with Gasteiger partial charge in [0, 0.05) is 32.7 Å². The Kier molecular flexibility index (Phi) is 4.92. The van der Waals surface area contributed by atoms with Crippen molar-refractivity contribution >= 4 is 5.95 Å². The molecule has 0 N–H and O–H groups in total. The van der Waals surface area contributed by atoms with Crippen molar-refractivity contribution in [2.75, 3.05) is 45.3 Å². The molecule has 6 nitrogen and oxygen atoms in total. The summed E-state index contributed by atoms with van der Waals surface area (Å²) >= 11 is 0. The van der Waals surface area contributed by atoms with Gasteiger partial charge in [-0.2, -0.15) is 0 Å². The molecular weight excluding hydrogens is 292 g/mol. The van der Waals surface area contributed by atoms with E-state index in [0.717, 1.165) is 44.4 Å². The SMILES string of the molecule is COc1ccc(CN2CCN(c3ncc(OC)cn3)CC2)cc1. The molecule has 3 rings (SSSR count). The molecule has 1 saturated heterocycles. The normalized spacial score (nSPS) is 15.5. The van der Waals surface area contributed by atoms with E-state index in [2.05, 4.69) is 31.9 Å². The van der Waals surface area contributed by atoms with Crippen molar-refractivity contribution < 1.29 is 9.47 Å². The zero-order valence-corrected chi connectivity index (χ0v) is 13.6. The molecule has 6 heteroatoms. The standard InChI is InChI=1S/C17H22N4O2/c1-22-15-5-3-14(4-6-15)13-20-7-9-21(10-8-20)17-18-11-16(23-2)12-19-17/h3-6,11-12H,7-10,13H2,1-2H3. The summed E-state index contributed by atoms with van der Waals surface area (Å²) in [6.07, 6.45) is 3.43. The predicted octanol–water partition coefficient (Wildman–Crippen LogP) is 1.82. The van der Waals surface area contributed by atoms with E-state index in [1.807, 2.05) is 12.1 Å². The molecule has 0 bridgehead atoms. The topological polar surface area (TPSA) is 50.7 Å². The van der Waals surface area contributed by atoms with E-state index in [0.29, 0.717) is 5.75 Å². The number of methoxy groups -OCH3 is 2. The van der Waals surface area contributed by atoms with Crippen molar-refractivity contribution in [2.24, 2.45) is 0 Å². The smallest absolute Gasteiger partial charge is 0.225 e. The molecule has 2 aromatic rings. The van der Waals surface area contributed by atoms with Gasteiger partial charge in [0.15, 0.2) is 5.75 Å². The largest absolute Gasteiger partial charge is 0.497 e. The summed E-state index contributed by atoms with van der Waals surface area (Å²) in [5, 5.41) is 0. The van der Waals surface area contributed by atoms with E-state index < -0.39 is 0 Å². The number of piperazine rings is 1. The van der Waals surface area contributed by atoms with Crippen LogP contribution in [0.2, 0.25) is 0 Å². The molecule has 1 aromatic heterocycles. The lowest BCUT2D eigenvalue weighted by molar-refractivity contribution is 0.248. The Hall–Kier alpha value is -2.34. The van der Waals surface area contributed by atoms with Crippen LogP contribution < -0.4 is 14.4 Å². The Balaban J connectivity index is 1.53. The number of nitrogens with zero attached hydrogens (tertiary/aromatic N) is 4. The van der Waals surface area contributed by atoms with Gasteiger partial charge in [-0.3, -0.25) is 4.90 Å². The Morgan fingerprint density at radius 2 is 1.48 bits per heavy atom. The monoisotopic (exact) mass is 314 g/mol. The average molecular weight is 314 g/mol. The molecule has 0 aliphatic carbocycles. The lowest BCUT2D eigenvalue weighted by Gasteiger charge is -2.34. The maximum atomic E-state index is 5.20. The zero-order valence-electron chi connectivity index (χ0n) is 13.6. The molecule has 1 aliphatic rings. The van der Waals surface area contributed by atoms with E-state index in [9.17, 15) is 0 Å². The first-order chi connectivity index (χ1) is 11.3. The molecule has 0 atom stereocenters. The summed E-state index contributed by atoms with van der Waals surface area (Å²) < 4.78 is 10.3. The first kappa shape index (κ1) is 15.6. The van der Waals surface area contributed by atoms with Crippen LogP contribution in [0.15, 0.2) is 36.7 Å². The molecule has 1 aromatic carbocycles. The van der Waals surface area contributed by atoms with Gasteiger partial charge in [-0.1, -0.05) is 12.1 Å². The highest BCUT2D eigenvalue weighted by atomic mass is 16.5. The van der Waals surface area contributed by atoms with Gasteiger partial charge in [-0.15, -0.1) is 0 Å². The summed E-state index contributed by atoms with van der Waals surface area (Å²) in [6.45, 7) is 4.83. The summed E-state index contributed by atoms with van der Waals surface area (Å²) in [4.78, 5) is 13.4. The fourth-order valence-corrected chi connectivity index (χ4v) is 2.67. The van der Waals surface area contributed by atoms with Crippen molar-refractivity contribution in [1.82, 2.24) is 14.9 Å². The van der Waals surface area contributed by atoms with Crippen LogP contribution in [0.1, 0.15) is 5.56 Å². The maximum absolute atomic E-state index is 5.20. The summed E-state index contributed by atoms with van der Waals surface area (Å²) in [5.74, 6) is 2.36. The number of aromatic nitrogens is 2. The average Bonchev–Trinajstić information content (AvgIpc) is 2.63. The second kappa shape index (κ2) is 7.28. The zero-order chi connectivity index (χ0) is 16.1. The van der Waals surface area contributed by atoms with E-state index >= 15 is 0 Å². The van der Waals surface area contributed by atoms with Crippen LogP contribution in [0.5, 0.6) is 11.5 Å². The molecule has 0 unspecified atom stereocenters. The molecule has 0 amide bonds. The van der Waals surface area contributed by atoms with Crippen LogP contribution in [0.3, 0.4) is 0 Å². The third kappa shape index (κ3) is 3.90. The van der Waals surface area contributed by atoms with E-state index in [-0.39, 0.29) is 0 Å². The Morgan fingerprint density at radius 3 is 2.04 bits per heavy atom. The molecule has 1 fully saturated rings. The van der Waals surface area contributed by atoms with Crippen molar-refractivity contribution in [2.45, 2.75) is 6.54 Å². The molecule has 0 spiro atoms. The molecule has 2 heterocycles. The van der Waals surface area contributed by atoms with Crippen molar-refractivity contribution in [3.05, 3.63) is 42.2 Å². The fourth-order valence-electron chi connectivity index (χ4n) is 2.67. The second-order valence-corrected chi connectivity index (χ2v) is 5.53. The Labute approximate surface area is 136 Å². The van der Waals surface area contributed by atoms with Crippen LogP contribution in [0.4, 0.5) is 5.95 Å². The quantitative estimate of drug-likeness (QED) is 0.839. The first-order valence-electron chi connectivity index (χ1n) is 7.75. The summed E-state index contributed by atoms with van der Waals surface area (Å²) in [6, 6.07) is 8.27. The number of hydrogen-bond acceptors (Lipinski definition) is 6. The number of ether oxygens (including phenoxy) is 2. The minimum atomic E-state index is 0.687. The molecule has 1 aliphatic heterocycles. The van der Waals surface area contributed by atoms with Crippen LogP contribution in [-0.2, 0) is 6.54 Å². The lowest BCUT2D eigenvalue weighted by Crippen LogP contribution is -2.46. The highest BCUT2D eigenvalue weighted by Gasteiger charge is 2.19. The minimum absolute atomic E-state index is 0.687. The maximum Gasteiger partial charge on any atom is 0.225 e. The molecule has 122 valence electrons. The Bertz CT molecular complexity index is 607. The second-order valence-electron chi connectivity index (χ2n) is 5.53. The van der Waals surface area contributed by atoms with Crippen molar-refractivity contribution in [1.29, 1.82) is 0 Å². The number of rotatable bonds is 5. The first-order valence-corrected chi connectivity index (χ1v) is 7.75. The van der Waals surface area contributed by atoms with Gasteiger partial charge in [0.2, 0.25) is 5.95 Å². The minimum Gasteiger partial charge on any atom is -0.497 e. The van der Waals surface area contributed by atoms with E-state index in [4.69, 9.17) is 9.47 Å². The van der Waals surface area contributed by atoms with Gasteiger partial charge < -0.3 is 14.4 Å². The van der Waals surface area contributed by atoms with Crippen molar-refractivity contribution in [3.63, 3.8) is 0 Å². The molecule has 0 saturated carbocycles. The van der Waals surface area contributed by atoms with E-state index in [1.165, 1.54) is 5.56 Å². The van der Waals surface area contributed by atoms with E-state index in [1.54, 1.807) is 26.6 Å². The molecule has 23 heavy (non-hydrogen) atoms. The van der Waals surface area contributed by atoms with Crippen LogP contribution in [-0.4, -0.2) is 55.3 Å². The third-order valence-corrected chi connectivity index (χ3v) is 4.07. The highest BCUT2D eigenvalue weighted by Crippen LogP contribution is 2.16. The summed E-state index contributed by atoms with van der Waals surface area (Å²) in [5.41, 5.74) is 1.31. The third-order valence-electron chi connectivity index (χ3n) is 4.07. The predicted molar refractivity (Wildman–Crippen MR) is 89.1 cm³/mol. The van der Waals surface area contributed by atoms with Crippen LogP contribution in [0.25, 0.3) is 0 Å². The Morgan fingerprint density at radius 1 is 0.870 bits per heavy atom. The van der Waals surface area contributed by atoms with Gasteiger partial charge in [0.25, 0.3) is 0 Å². The fraction of sp³-hybridized carbons (Fsp3) is 0.412. The number of benzene rings is 1. The van der Waals surface area contributed by atoms with Gasteiger partial charge in [0.05, 0.1) is 26.6 Å². The molecular formula is C17H22N4O2. The lowest BCUT2D eigenvalue weighted by atomic mass is 10.2. The number of anilines is 1. The van der Waals surface area contributed by atoms with Crippen LogP contribution >= 0.6 is 0 Å². The summed E-state index contributed by atoms with van der Waals surface area (Å²) in [7, 11) is 3.31. The van der Waals surface area contributed by atoms with Gasteiger partial charge in [-0.05, 0) is 17.7 Å². The van der Waals surface area contributed by atoms with Crippen LogP contribution in [0, 0.1) is 0 Å². The molecule has 0 radical (unpaired) electrons. The van der Waals surface area contributed by atoms with Gasteiger partial charge >= 0.3 is 0 Å². The van der Waals surface area contributed by atoms with Crippen molar-refractivity contribution in [3.8, 4) is 11.5 Å². The van der Waals surface area contributed by atoms with Gasteiger partial charge in [0.1, 0.15) is 5.75 Å². The highest BCUT2D eigenvalue weighted by molar-refractivity contribution is 5.32.